The number of carbonyl (C=O) groups excluding carboxylic acids is 3. The van der Waals surface area contributed by atoms with Crippen LogP contribution in [0.1, 0.15) is 110 Å². The molecule has 8 N–H and O–H groups in total. The van der Waals surface area contributed by atoms with Crippen LogP contribution in [-0.4, -0.2) is 197 Å². The van der Waals surface area contributed by atoms with Gasteiger partial charge in [-0.3, -0.25) is 9.59 Å². The lowest BCUT2D eigenvalue weighted by Crippen LogP contribution is -2.64. The third kappa shape index (κ3) is 11.2. The highest BCUT2D eigenvalue weighted by atomic mass is 16.8. The maximum absolute atomic E-state index is 14.4. The van der Waals surface area contributed by atoms with Crippen LogP contribution < -0.4 is 14.2 Å². The van der Waals surface area contributed by atoms with Crippen molar-refractivity contribution in [3.63, 3.8) is 0 Å². The second-order valence-electron chi connectivity index (χ2n) is 23.2. The summed E-state index contributed by atoms with van der Waals surface area (Å²) in [6.45, 7) is 9.76. The lowest BCUT2D eigenvalue weighted by Gasteiger charge is -2.59. The molecule has 0 spiro atoms. The number of aliphatic hydroxyl groups excluding tert-OH is 7. The van der Waals surface area contributed by atoms with Crippen molar-refractivity contribution in [3.05, 3.63) is 29.3 Å². The number of methoxy groups -OCH3 is 3. The number of fused-ring (bicyclic) bond motifs is 5. The van der Waals surface area contributed by atoms with Crippen LogP contribution in [0.5, 0.6) is 17.2 Å². The van der Waals surface area contributed by atoms with E-state index in [9.17, 15) is 55.2 Å². The quantitative estimate of drug-likeness (QED) is 0.0768. The summed E-state index contributed by atoms with van der Waals surface area (Å²) in [6.07, 6.45) is -14.1. The first-order chi connectivity index (χ1) is 36.4. The minimum Gasteiger partial charge on any atom is -0.493 e. The minimum atomic E-state index is -1.78. The van der Waals surface area contributed by atoms with Crippen molar-refractivity contribution in [2.24, 2.45) is 40.4 Å². The van der Waals surface area contributed by atoms with Gasteiger partial charge in [0.2, 0.25) is 5.75 Å². The van der Waals surface area contributed by atoms with Crippen LogP contribution >= 0.6 is 0 Å². The first-order valence-electron chi connectivity index (χ1n) is 27.1. The largest absolute Gasteiger partial charge is 0.493 e. The van der Waals surface area contributed by atoms with Crippen molar-refractivity contribution in [3.8, 4) is 17.2 Å². The van der Waals surface area contributed by atoms with Crippen LogP contribution in [0.4, 0.5) is 0 Å². The van der Waals surface area contributed by atoms with Crippen LogP contribution in [0.25, 0.3) is 0 Å². The number of hydrogen-bond donors (Lipinski definition) is 8. The Morgan fingerprint density at radius 2 is 1.42 bits per heavy atom. The van der Waals surface area contributed by atoms with Gasteiger partial charge in [-0.1, -0.05) is 46.3 Å². The van der Waals surface area contributed by atoms with Gasteiger partial charge in [-0.2, -0.15) is 0 Å². The van der Waals surface area contributed by atoms with Gasteiger partial charge in [0, 0.05) is 24.7 Å². The monoisotopic (exact) mass is 1090 g/mol. The van der Waals surface area contributed by atoms with E-state index in [0.717, 1.165) is 19.8 Å². The van der Waals surface area contributed by atoms with E-state index in [1.165, 1.54) is 39.0 Å². The second kappa shape index (κ2) is 23.9. The minimum absolute atomic E-state index is 0.0305. The van der Waals surface area contributed by atoms with Gasteiger partial charge in [0.05, 0.1) is 58.9 Å². The zero-order valence-corrected chi connectivity index (χ0v) is 45.6. The van der Waals surface area contributed by atoms with Gasteiger partial charge in [0.25, 0.3) is 0 Å². The van der Waals surface area contributed by atoms with Gasteiger partial charge in [-0.15, -0.1) is 0 Å². The molecular weight excluding hydrogens is 1010 g/mol. The number of Topliss-reactive ketones (excluding diaryl/α,β-unsaturated/α-hetero) is 1. The highest BCUT2D eigenvalue weighted by molar-refractivity contribution is 5.91. The van der Waals surface area contributed by atoms with E-state index < -0.39 is 135 Å². The molecule has 0 amide bonds. The first kappa shape index (κ1) is 59.5. The number of esters is 2. The number of benzene rings is 1. The van der Waals surface area contributed by atoms with Gasteiger partial charge in [0.15, 0.2) is 42.6 Å². The Morgan fingerprint density at radius 1 is 0.753 bits per heavy atom. The molecule has 0 bridgehead atoms. The second-order valence-corrected chi connectivity index (χ2v) is 23.2. The maximum Gasteiger partial charge on any atom is 0.338 e. The molecule has 3 aliphatic heterocycles. The van der Waals surface area contributed by atoms with Crippen molar-refractivity contribution >= 4 is 17.7 Å². The molecule has 434 valence electrons. The number of rotatable bonds is 18. The Morgan fingerprint density at radius 3 is 2.04 bits per heavy atom. The van der Waals surface area contributed by atoms with Crippen molar-refractivity contribution in [1.82, 2.24) is 0 Å². The lowest BCUT2D eigenvalue weighted by atomic mass is 9.46. The molecular formula is C55H82O22. The van der Waals surface area contributed by atoms with E-state index in [1.807, 2.05) is 20.8 Å². The maximum atomic E-state index is 14.4. The summed E-state index contributed by atoms with van der Waals surface area (Å²) in [6, 6.07) is 2.66. The van der Waals surface area contributed by atoms with E-state index in [4.69, 9.17) is 52.1 Å². The van der Waals surface area contributed by atoms with Crippen molar-refractivity contribution in [2.45, 2.75) is 197 Å². The van der Waals surface area contributed by atoms with E-state index in [0.29, 0.717) is 32.1 Å². The van der Waals surface area contributed by atoms with E-state index in [-0.39, 0.29) is 76.6 Å². The molecule has 1 aromatic carbocycles. The molecule has 7 aliphatic rings. The Kier molecular flexibility index (Phi) is 18.4. The first-order valence-corrected chi connectivity index (χ1v) is 27.1. The molecule has 22 unspecified atom stereocenters. The van der Waals surface area contributed by atoms with Gasteiger partial charge in [0.1, 0.15) is 60.2 Å². The zero-order valence-electron chi connectivity index (χ0n) is 45.6. The fourth-order valence-corrected chi connectivity index (χ4v) is 14.0. The molecule has 1 aromatic rings. The molecule has 22 atom stereocenters. The lowest BCUT2D eigenvalue weighted by molar-refractivity contribution is -0.345. The molecule has 77 heavy (non-hydrogen) atoms. The van der Waals surface area contributed by atoms with Crippen LogP contribution in [0.15, 0.2) is 23.8 Å². The summed E-state index contributed by atoms with van der Waals surface area (Å²) in [5.74, 6) is -2.20. The Bertz CT molecular complexity index is 2250. The third-order valence-corrected chi connectivity index (χ3v) is 18.5. The van der Waals surface area contributed by atoms with Crippen LogP contribution in [0.3, 0.4) is 0 Å². The number of aliphatic hydroxyl groups is 8. The highest BCUT2D eigenvalue weighted by Gasteiger charge is 2.71. The number of hydrogen-bond acceptors (Lipinski definition) is 22. The zero-order chi connectivity index (χ0) is 56.1. The van der Waals surface area contributed by atoms with Crippen LogP contribution in [0.2, 0.25) is 0 Å². The highest BCUT2D eigenvalue weighted by Crippen LogP contribution is 2.69. The molecule has 0 radical (unpaired) electrons. The summed E-state index contributed by atoms with van der Waals surface area (Å²) >= 11 is 0. The average molecular weight is 1100 g/mol. The van der Waals surface area contributed by atoms with Crippen molar-refractivity contribution in [1.29, 1.82) is 0 Å². The normalized spacial score (nSPS) is 42.2. The molecule has 6 fully saturated rings. The van der Waals surface area contributed by atoms with Crippen molar-refractivity contribution < 1.29 is 107 Å². The molecule has 3 saturated carbocycles. The Balaban J connectivity index is 1.06. The fraction of sp³-hybridized carbons (Fsp3) is 0.800. The number of ketones is 1. The van der Waals surface area contributed by atoms with E-state index in [1.54, 1.807) is 6.92 Å². The predicted octanol–water partition coefficient (Wildman–Crippen LogP) is 1.87. The van der Waals surface area contributed by atoms with E-state index >= 15 is 0 Å². The standard InChI is InChI=1S/C55H82O22/c1-25(2)10-13-34(58)26(3)55(66)40(21-33-31-12-11-29-20-30(14-16-53(29,5)32(31)15-17-54(33,55)6)73-50-44(64)43(63)42(62)39(22-56)74-50)75-52-48(72-27(4)57)45(36(60)24-71-52)77-51-47(41(61)35(59)23-70-51)76-49(65)28-18-37(67-7)46(69-9)38(19-28)68-8/h11,18-19,25-26,30-33,35-36,39-45,47-48,50-52,56,59-64,66H,10,12-17,20-24H2,1-9H3. The number of carbonyl (C=O) groups is 3. The molecule has 22 heteroatoms. The molecule has 3 saturated heterocycles. The number of ether oxygens (including phenoxy) is 11. The molecule has 22 nitrogen and oxygen atoms in total. The van der Waals surface area contributed by atoms with E-state index in [2.05, 4.69) is 13.0 Å². The smallest absolute Gasteiger partial charge is 0.338 e. The topological polar surface area (TPSA) is 315 Å². The van der Waals surface area contributed by atoms with Gasteiger partial charge >= 0.3 is 11.9 Å². The third-order valence-electron chi connectivity index (χ3n) is 18.5. The fourth-order valence-electron chi connectivity index (χ4n) is 14.0. The molecule has 0 aromatic heterocycles. The number of allylic oxidation sites excluding steroid dienone is 1. The molecule has 8 rings (SSSR count). The van der Waals surface area contributed by atoms with Crippen molar-refractivity contribution in [2.75, 3.05) is 41.2 Å². The molecule has 3 heterocycles. The van der Waals surface area contributed by atoms with Gasteiger partial charge < -0.3 is 93.0 Å². The Hall–Kier alpha value is -3.59. The predicted molar refractivity (Wildman–Crippen MR) is 267 cm³/mol. The average Bonchev–Trinajstić information content (AvgIpc) is 3.85. The van der Waals surface area contributed by atoms with Gasteiger partial charge in [-0.05, 0) is 92.6 Å². The summed E-state index contributed by atoms with van der Waals surface area (Å²) in [5, 5.41) is 88.6. The SMILES string of the molecule is COc1cc(C(=O)OC2C(OC3C(O)COC(OC4CC5C6CC=C7CC(OC8OC(CO)C(O)C(O)C8O)CCC7(C)C6CCC5(C)C4(O)C(C)C(=O)CCC(C)C)C3OC(C)=O)OCC(O)C2O)cc(OC)c1OC. The molecule has 4 aliphatic carbocycles. The van der Waals surface area contributed by atoms with Crippen LogP contribution in [0, 0.1) is 40.4 Å². The van der Waals surface area contributed by atoms with Gasteiger partial charge in [-0.25, -0.2) is 4.79 Å². The summed E-state index contributed by atoms with van der Waals surface area (Å²) < 4.78 is 65.0. The summed E-state index contributed by atoms with van der Waals surface area (Å²) in [4.78, 5) is 41.2. The summed E-state index contributed by atoms with van der Waals surface area (Å²) in [5.41, 5.74) is -1.84. The summed E-state index contributed by atoms with van der Waals surface area (Å²) in [7, 11) is 4.11. The Labute approximate surface area is 449 Å². The van der Waals surface area contributed by atoms with Crippen LogP contribution in [-0.2, 0) is 47.5 Å².